The van der Waals surface area contributed by atoms with Gasteiger partial charge in [-0.15, -0.1) is 0 Å². The van der Waals surface area contributed by atoms with Crippen LogP contribution < -0.4 is 10.6 Å². The molecular weight excluding hydrogens is 274 g/mol. The van der Waals surface area contributed by atoms with Crippen molar-refractivity contribution in [1.29, 1.82) is 0 Å². The maximum atomic E-state index is 11.9. The van der Waals surface area contributed by atoms with Crippen LogP contribution in [0.15, 0.2) is 0 Å². The van der Waals surface area contributed by atoms with Gasteiger partial charge in [0.1, 0.15) is 0 Å². The van der Waals surface area contributed by atoms with Gasteiger partial charge in [0.15, 0.2) is 0 Å². The topological polar surface area (TPSA) is 79.9 Å². The fourth-order valence-electron chi connectivity index (χ4n) is 2.51. The molecule has 2 fully saturated rings. The smallest absolute Gasteiger partial charge is 0.239 e. The summed E-state index contributed by atoms with van der Waals surface area (Å²) in [6, 6.07) is 0. The Kier molecular flexibility index (Phi) is 6.91. The minimum atomic E-state index is -0.135. The molecular formula is C14H25N3O4. The Bertz CT molecular complexity index is 339. The van der Waals surface area contributed by atoms with E-state index in [9.17, 15) is 9.59 Å². The number of amides is 2. The van der Waals surface area contributed by atoms with E-state index in [1.165, 1.54) is 0 Å². The van der Waals surface area contributed by atoms with E-state index >= 15 is 0 Å². The number of ether oxygens (including phenoxy) is 2. The van der Waals surface area contributed by atoms with E-state index in [2.05, 4.69) is 15.5 Å². The van der Waals surface area contributed by atoms with E-state index < -0.39 is 0 Å². The SMILES string of the molecule is O=C(CNC(=O)C1CCOCC1)NCCN1CCOCC1. The van der Waals surface area contributed by atoms with Crippen molar-refractivity contribution in [3.8, 4) is 0 Å². The Hall–Kier alpha value is -1.18. The first-order chi connectivity index (χ1) is 10.3. The molecule has 0 aromatic heterocycles. The average Bonchev–Trinajstić information content (AvgIpc) is 2.54. The molecule has 0 bridgehead atoms. The zero-order valence-corrected chi connectivity index (χ0v) is 12.4. The molecule has 2 saturated heterocycles. The largest absolute Gasteiger partial charge is 0.381 e. The second kappa shape index (κ2) is 8.96. The fraction of sp³-hybridized carbons (Fsp3) is 0.857. The molecule has 0 spiro atoms. The summed E-state index contributed by atoms with van der Waals surface area (Å²) >= 11 is 0. The summed E-state index contributed by atoms with van der Waals surface area (Å²) in [4.78, 5) is 25.8. The second-order valence-electron chi connectivity index (χ2n) is 5.41. The van der Waals surface area contributed by atoms with E-state index in [-0.39, 0.29) is 24.3 Å². The lowest BCUT2D eigenvalue weighted by molar-refractivity contribution is -0.130. The fourth-order valence-corrected chi connectivity index (χ4v) is 2.51. The summed E-state index contributed by atoms with van der Waals surface area (Å²) in [5.41, 5.74) is 0. The number of hydrogen-bond donors (Lipinski definition) is 2. The Labute approximate surface area is 125 Å². The standard InChI is InChI=1S/C14H25N3O4/c18-13(15-3-4-17-5-9-21-10-6-17)11-16-14(19)12-1-7-20-8-2-12/h12H,1-11H2,(H,15,18)(H,16,19). The molecule has 120 valence electrons. The van der Waals surface area contributed by atoms with E-state index in [1.807, 2.05) is 0 Å². The number of hydrogen-bond acceptors (Lipinski definition) is 5. The van der Waals surface area contributed by atoms with Crippen molar-refractivity contribution in [3.05, 3.63) is 0 Å². The minimum Gasteiger partial charge on any atom is -0.381 e. The monoisotopic (exact) mass is 299 g/mol. The molecule has 0 saturated carbocycles. The lowest BCUT2D eigenvalue weighted by Gasteiger charge is -2.26. The Morgan fingerprint density at radius 2 is 1.67 bits per heavy atom. The average molecular weight is 299 g/mol. The van der Waals surface area contributed by atoms with Gasteiger partial charge in [-0.25, -0.2) is 0 Å². The third-order valence-electron chi connectivity index (χ3n) is 3.87. The number of carbonyl (C=O) groups is 2. The number of rotatable bonds is 6. The highest BCUT2D eigenvalue weighted by Gasteiger charge is 2.21. The first-order valence-electron chi connectivity index (χ1n) is 7.68. The Balaban J connectivity index is 1.53. The molecule has 2 amide bonds. The maximum absolute atomic E-state index is 11.9. The Morgan fingerprint density at radius 1 is 1.00 bits per heavy atom. The van der Waals surface area contributed by atoms with Crippen LogP contribution in [0.1, 0.15) is 12.8 Å². The van der Waals surface area contributed by atoms with E-state index in [0.717, 1.165) is 45.7 Å². The molecule has 21 heavy (non-hydrogen) atoms. The summed E-state index contributed by atoms with van der Waals surface area (Å²) in [5.74, 6) is -0.190. The molecule has 7 heteroatoms. The second-order valence-corrected chi connectivity index (χ2v) is 5.41. The first kappa shape index (κ1) is 16.2. The molecule has 0 aromatic rings. The molecule has 7 nitrogen and oxygen atoms in total. The van der Waals surface area contributed by atoms with Crippen molar-refractivity contribution in [3.63, 3.8) is 0 Å². The van der Waals surface area contributed by atoms with Crippen LogP contribution in [0, 0.1) is 5.92 Å². The highest BCUT2D eigenvalue weighted by molar-refractivity contribution is 5.85. The van der Waals surface area contributed by atoms with E-state index in [4.69, 9.17) is 9.47 Å². The van der Waals surface area contributed by atoms with Crippen LogP contribution in [0.4, 0.5) is 0 Å². The van der Waals surface area contributed by atoms with E-state index in [1.54, 1.807) is 0 Å². The predicted molar refractivity (Wildman–Crippen MR) is 76.8 cm³/mol. The van der Waals surface area contributed by atoms with Crippen molar-refractivity contribution >= 4 is 11.8 Å². The van der Waals surface area contributed by atoms with Gasteiger partial charge in [0.05, 0.1) is 19.8 Å². The number of nitrogens with one attached hydrogen (secondary N) is 2. The zero-order chi connectivity index (χ0) is 14.9. The maximum Gasteiger partial charge on any atom is 0.239 e. The van der Waals surface area contributed by atoms with Crippen LogP contribution in [0.2, 0.25) is 0 Å². The molecule has 0 aromatic carbocycles. The van der Waals surface area contributed by atoms with Crippen LogP contribution in [0.25, 0.3) is 0 Å². The summed E-state index contributed by atoms with van der Waals surface area (Å²) in [6.45, 7) is 6.08. The summed E-state index contributed by atoms with van der Waals surface area (Å²) < 4.78 is 10.5. The van der Waals surface area contributed by atoms with Gasteiger partial charge in [-0.2, -0.15) is 0 Å². The van der Waals surface area contributed by atoms with Crippen LogP contribution in [-0.2, 0) is 19.1 Å². The third kappa shape index (κ3) is 5.99. The molecule has 2 aliphatic heterocycles. The van der Waals surface area contributed by atoms with Gasteiger partial charge in [-0.05, 0) is 12.8 Å². The van der Waals surface area contributed by atoms with Gasteiger partial charge < -0.3 is 20.1 Å². The van der Waals surface area contributed by atoms with Crippen LogP contribution in [0.3, 0.4) is 0 Å². The molecule has 0 unspecified atom stereocenters. The van der Waals surface area contributed by atoms with Gasteiger partial charge in [0.25, 0.3) is 0 Å². The molecule has 0 atom stereocenters. The zero-order valence-electron chi connectivity index (χ0n) is 12.4. The molecule has 2 heterocycles. The highest BCUT2D eigenvalue weighted by Crippen LogP contribution is 2.14. The predicted octanol–water partition coefficient (Wildman–Crippen LogP) is -1.02. The van der Waals surface area contributed by atoms with E-state index in [0.29, 0.717) is 19.8 Å². The van der Waals surface area contributed by atoms with Gasteiger partial charge in [0, 0.05) is 45.3 Å². The number of carbonyl (C=O) groups excluding carboxylic acids is 2. The van der Waals surface area contributed by atoms with Crippen molar-refractivity contribution < 1.29 is 19.1 Å². The normalized spacial score (nSPS) is 21.0. The lowest BCUT2D eigenvalue weighted by Crippen LogP contribution is -2.44. The molecule has 0 radical (unpaired) electrons. The summed E-state index contributed by atoms with van der Waals surface area (Å²) in [5, 5.41) is 5.53. The summed E-state index contributed by atoms with van der Waals surface area (Å²) in [6.07, 6.45) is 1.48. The van der Waals surface area contributed by atoms with Crippen LogP contribution in [0.5, 0.6) is 0 Å². The molecule has 2 aliphatic rings. The first-order valence-corrected chi connectivity index (χ1v) is 7.68. The third-order valence-corrected chi connectivity index (χ3v) is 3.87. The van der Waals surface area contributed by atoms with Crippen molar-refractivity contribution in [1.82, 2.24) is 15.5 Å². The molecule has 2 N–H and O–H groups in total. The van der Waals surface area contributed by atoms with Gasteiger partial charge >= 0.3 is 0 Å². The highest BCUT2D eigenvalue weighted by atomic mass is 16.5. The van der Waals surface area contributed by atoms with Gasteiger partial charge in [0.2, 0.25) is 11.8 Å². The number of nitrogens with zero attached hydrogens (tertiary/aromatic N) is 1. The van der Waals surface area contributed by atoms with Crippen molar-refractivity contribution in [2.45, 2.75) is 12.8 Å². The van der Waals surface area contributed by atoms with Crippen LogP contribution in [-0.4, -0.2) is 75.9 Å². The summed E-state index contributed by atoms with van der Waals surface area (Å²) in [7, 11) is 0. The Morgan fingerprint density at radius 3 is 2.38 bits per heavy atom. The lowest BCUT2D eigenvalue weighted by atomic mass is 9.99. The van der Waals surface area contributed by atoms with Crippen molar-refractivity contribution in [2.75, 3.05) is 59.2 Å². The molecule has 2 rings (SSSR count). The number of morpholine rings is 1. The quantitative estimate of drug-likeness (QED) is 0.656. The van der Waals surface area contributed by atoms with Gasteiger partial charge in [-0.3, -0.25) is 14.5 Å². The van der Waals surface area contributed by atoms with Gasteiger partial charge in [-0.1, -0.05) is 0 Å². The molecule has 0 aliphatic carbocycles. The minimum absolute atomic E-state index is 0.0140. The van der Waals surface area contributed by atoms with Crippen LogP contribution >= 0.6 is 0 Å². The van der Waals surface area contributed by atoms with Crippen molar-refractivity contribution in [2.24, 2.45) is 5.92 Å².